The van der Waals surface area contributed by atoms with Crippen LogP contribution in [0.1, 0.15) is 37.0 Å². The molecule has 1 aromatic rings. The van der Waals surface area contributed by atoms with E-state index < -0.39 is 0 Å². The number of carbonyl (C=O) groups is 1. The Labute approximate surface area is 96.6 Å². The van der Waals surface area contributed by atoms with E-state index in [9.17, 15) is 4.79 Å². The number of rotatable bonds is 5. The molecule has 16 heavy (non-hydrogen) atoms. The Morgan fingerprint density at radius 2 is 1.94 bits per heavy atom. The normalized spacial score (nSPS) is 15.2. The summed E-state index contributed by atoms with van der Waals surface area (Å²) in [5.41, 5.74) is 0.772. The topological polar surface area (TPSA) is 26.3 Å². The maximum Gasteiger partial charge on any atom is 0.165 e. The highest BCUT2D eigenvalue weighted by molar-refractivity contribution is 5.97. The molecule has 2 rings (SSSR count). The molecule has 2 heteroatoms. The van der Waals surface area contributed by atoms with Crippen molar-refractivity contribution >= 4 is 5.78 Å². The summed E-state index contributed by atoms with van der Waals surface area (Å²) >= 11 is 0. The maximum absolute atomic E-state index is 11.7. The average molecular weight is 218 g/mol. The van der Waals surface area contributed by atoms with Crippen molar-refractivity contribution in [1.82, 2.24) is 0 Å². The predicted molar refractivity (Wildman–Crippen MR) is 63.8 cm³/mol. The number of hydrogen-bond acceptors (Lipinski definition) is 2. The second-order valence-electron chi connectivity index (χ2n) is 4.80. The summed E-state index contributed by atoms with van der Waals surface area (Å²) < 4.78 is 5.61. The third kappa shape index (κ3) is 2.84. The van der Waals surface area contributed by atoms with E-state index in [0.717, 1.165) is 23.8 Å². The van der Waals surface area contributed by atoms with Crippen molar-refractivity contribution in [1.29, 1.82) is 0 Å². The maximum atomic E-state index is 11.7. The van der Waals surface area contributed by atoms with Gasteiger partial charge in [-0.2, -0.15) is 0 Å². The van der Waals surface area contributed by atoms with Crippen LogP contribution in [0.2, 0.25) is 0 Å². The highest BCUT2D eigenvalue weighted by atomic mass is 16.5. The fourth-order valence-electron chi connectivity index (χ4n) is 1.55. The number of ketones is 1. The molecule has 1 aromatic carbocycles. The van der Waals surface area contributed by atoms with Gasteiger partial charge in [0.2, 0.25) is 0 Å². The lowest BCUT2D eigenvalue weighted by Crippen LogP contribution is -2.07. The van der Waals surface area contributed by atoms with Crippen LogP contribution in [0.15, 0.2) is 24.3 Å². The molecular weight excluding hydrogens is 200 g/mol. The summed E-state index contributed by atoms with van der Waals surface area (Å²) in [6.45, 7) is 4.65. The fourth-order valence-corrected chi connectivity index (χ4v) is 1.55. The van der Waals surface area contributed by atoms with Crippen LogP contribution < -0.4 is 4.74 Å². The summed E-state index contributed by atoms with van der Waals surface area (Å²) in [6, 6.07) is 7.48. The third-order valence-electron chi connectivity index (χ3n) is 2.85. The quantitative estimate of drug-likeness (QED) is 0.709. The zero-order valence-electron chi connectivity index (χ0n) is 9.90. The molecule has 0 bridgehead atoms. The van der Waals surface area contributed by atoms with Gasteiger partial charge < -0.3 is 4.74 Å². The van der Waals surface area contributed by atoms with Crippen LogP contribution in [0.3, 0.4) is 0 Å². The lowest BCUT2D eigenvalue weighted by atomic mass is 10.0. The largest absolute Gasteiger partial charge is 0.493 e. The van der Waals surface area contributed by atoms with E-state index in [1.54, 1.807) is 0 Å². The lowest BCUT2D eigenvalue weighted by Gasteiger charge is -2.07. The van der Waals surface area contributed by atoms with Crippen LogP contribution in [0.4, 0.5) is 0 Å². The molecule has 1 fully saturated rings. The Hall–Kier alpha value is -1.31. The Morgan fingerprint density at radius 3 is 2.44 bits per heavy atom. The zero-order valence-corrected chi connectivity index (χ0v) is 9.90. The summed E-state index contributed by atoms with van der Waals surface area (Å²) in [6.07, 6.45) is 2.59. The van der Waals surface area contributed by atoms with E-state index in [2.05, 4.69) is 0 Å². The molecule has 0 N–H and O–H groups in total. The van der Waals surface area contributed by atoms with Gasteiger partial charge in [-0.3, -0.25) is 4.79 Å². The molecule has 2 nitrogen and oxygen atoms in total. The Bertz CT molecular complexity index is 361. The van der Waals surface area contributed by atoms with Gasteiger partial charge in [-0.05, 0) is 43.0 Å². The number of carbonyl (C=O) groups excluding carboxylic acids is 1. The van der Waals surface area contributed by atoms with Crippen molar-refractivity contribution in [3.63, 3.8) is 0 Å². The Morgan fingerprint density at radius 1 is 1.31 bits per heavy atom. The number of ether oxygens (including phenoxy) is 1. The van der Waals surface area contributed by atoms with Gasteiger partial charge in [0.15, 0.2) is 5.78 Å². The van der Waals surface area contributed by atoms with Crippen LogP contribution in [-0.4, -0.2) is 12.4 Å². The minimum atomic E-state index is 0.0539. The van der Waals surface area contributed by atoms with Gasteiger partial charge >= 0.3 is 0 Å². The van der Waals surface area contributed by atoms with Gasteiger partial charge in [0.25, 0.3) is 0 Å². The van der Waals surface area contributed by atoms with E-state index in [0.29, 0.717) is 0 Å². The van der Waals surface area contributed by atoms with Crippen molar-refractivity contribution in [2.24, 2.45) is 11.8 Å². The van der Waals surface area contributed by atoms with Gasteiger partial charge in [-0.15, -0.1) is 0 Å². The summed E-state index contributed by atoms with van der Waals surface area (Å²) in [4.78, 5) is 11.7. The van der Waals surface area contributed by atoms with Crippen molar-refractivity contribution < 1.29 is 9.53 Å². The van der Waals surface area contributed by atoms with Crippen molar-refractivity contribution in [2.75, 3.05) is 6.61 Å². The first-order chi connectivity index (χ1) is 7.66. The van der Waals surface area contributed by atoms with Crippen molar-refractivity contribution in [3.05, 3.63) is 29.8 Å². The monoisotopic (exact) mass is 218 g/mol. The highest BCUT2D eigenvalue weighted by Gasteiger charge is 2.21. The Kier molecular flexibility index (Phi) is 3.28. The predicted octanol–water partition coefficient (Wildman–Crippen LogP) is 3.31. The Balaban J connectivity index is 1.95. The number of hydrogen-bond donors (Lipinski definition) is 0. The standard InChI is InChI=1S/C14H18O2/c1-10(2)14(15)12-5-7-13(8-6-12)16-9-11-3-4-11/h5-8,10-11H,3-4,9H2,1-2H3. The SMILES string of the molecule is CC(C)C(=O)c1ccc(OCC2CC2)cc1. The smallest absolute Gasteiger partial charge is 0.165 e. The average Bonchev–Trinajstić information content (AvgIpc) is 3.10. The molecular formula is C14H18O2. The second-order valence-corrected chi connectivity index (χ2v) is 4.80. The lowest BCUT2D eigenvalue weighted by molar-refractivity contribution is 0.0939. The van der Waals surface area contributed by atoms with Crippen LogP contribution in [0.5, 0.6) is 5.75 Å². The van der Waals surface area contributed by atoms with Crippen molar-refractivity contribution in [2.45, 2.75) is 26.7 Å². The molecule has 0 radical (unpaired) electrons. The number of benzene rings is 1. The van der Waals surface area contributed by atoms with Gasteiger partial charge in [0.1, 0.15) is 5.75 Å². The molecule has 0 aromatic heterocycles. The summed E-state index contributed by atoms with van der Waals surface area (Å²) in [7, 11) is 0. The van der Waals surface area contributed by atoms with Crippen LogP contribution in [-0.2, 0) is 0 Å². The van der Waals surface area contributed by atoms with Crippen molar-refractivity contribution in [3.8, 4) is 5.75 Å². The van der Waals surface area contributed by atoms with Gasteiger partial charge in [-0.25, -0.2) is 0 Å². The molecule has 0 unspecified atom stereocenters. The van der Waals surface area contributed by atoms with E-state index in [1.165, 1.54) is 12.8 Å². The molecule has 0 atom stereocenters. The third-order valence-corrected chi connectivity index (χ3v) is 2.85. The molecule has 1 saturated carbocycles. The second kappa shape index (κ2) is 4.69. The highest BCUT2D eigenvalue weighted by Crippen LogP contribution is 2.29. The minimum Gasteiger partial charge on any atom is -0.493 e. The first-order valence-electron chi connectivity index (χ1n) is 5.94. The van der Waals surface area contributed by atoms with E-state index in [4.69, 9.17) is 4.74 Å². The zero-order chi connectivity index (χ0) is 11.5. The molecule has 1 aliphatic rings. The summed E-state index contributed by atoms with van der Waals surface area (Å²) in [5, 5.41) is 0. The molecule has 86 valence electrons. The van der Waals surface area contributed by atoms with Crippen LogP contribution >= 0.6 is 0 Å². The molecule has 0 spiro atoms. The van der Waals surface area contributed by atoms with Crippen LogP contribution in [0.25, 0.3) is 0 Å². The van der Waals surface area contributed by atoms with Gasteiger partial charge in [0, 0.05) is 11.5 Å². The first kappa shape index (κ1) is 11.2. The van der Waals surface area contributed by atoms with E-state index in [1.807, 2.05) is 38.1 Å². The van der Waals surface area contributed by atoms with E-state index >= 15 is 0 Å². The molecule has 1 aliphatic carbocycles. The molecule has 0 heterocycles. The van der Waals surface area contributed by atoms with E-state index in [-0.39, 0.29) is 11.7 Å². The fraction of sp³-hybridized carbons (Fsp3) is 0.500. The van der Waals surface area contributed by atoms with Crippen LogP contribution in [0, 0.1) is 11.8 Å². The summed E-state index contributed by atoms with van der Waals surface area (Å²) in [5.74, 6) is 1.87. The minimum absolute atomic E-state index is 0.0539. The first-order valence-corrected chi connectivity index (χ1v) is 5.94. The van der Waals surface area contributed by atoms with Gasteiger partial charge in [-0.1, -0.05) is 13.8 Å². The molecule has 0 saturated heterocycles. The number of Topliss-reactive ketones (excluding diaryl/α,β-unsaturated/α-hetero) is 1. The van der Waals surface area contributed by atoms with Gasteiger partial charge in [0.05, 0.1) is 6.61 Å². The molecule has 0 amide bonds. The molecule has 0 aliphatic heterocycles.